The molecule has 0 saturated heterocycles. The molecule has 0 atom stereocenters. The molecule has 98 valence electrons. The van der Waals surface area contributed by atoms with Crippen LogP contribution in [0.3, 0.4) is 0 Å². The van der Waals surface area contributed by atoms with Crippen LogP contribution in [0.5, 0.6) is 0 Å². The van der Waals surface area contributed by atoms with Gasteiger partial charge in [0.25, 0.3) is 0 Å². The lowest BCUT2D eigenvalue weighted by Gasteiger charge is -2.29. The molecule has 3 nitrogen and oxygen atoms in total. The van der Waals surface area contributed by atoms with Gasteiger partial charge in [-0.2, -0.15) is 0 Å². The summed E-state index contributed by atoms with van der Waals surface area (Å²) in [5.74, 6) is -0.356. The van der Waals surface area contributed by atoms with Gasteiger partial charge >= 0.3 is 5.97 Å². The van der Waals surface area contributed by atoms with Crippen molar-refractivity contribution in [3.8, 4) is 0 Å². The summed E-state index contributed by atoms with van der Waals surface area (Å²) >= 11 is 0. The number of carbonyl (C=O) groups is 1. The highest BCUT2D eigenvalue weighted by Crippen LogP contribution is 2.10. The van der Waals surface area contributed by atoms with E-state index >= 15 is 0 Å². The number of nitrogens with zero attached hydrogens (tertiary/aromatic N) is 1. The van der Waals surface area contributed by atoms with Gasteiger partial charge in [0.05, 0.1) is 14.1 Å². The predicted octanol–water partition coefficient (Wildman–Crippen LogP) is 2.30. The zero-order valence-electron chi connectivity index (χ0n) is 11.5. The Bertz CT molecular complexity index is 407. The van der Waals surface area contributed by atoms with Crippen LogP contribution in [-0.4, -0.2) is 37.7 Å². The van der Waals surface area contributed by atoms with E-state index in [1.807, 2.05) is 0 Å². The maximum atomic E-state index is 10.9. The third-order valence-corrected chi connectivity index (χ3v) is 2.84. The van der Waals surface area contributed by atoms with Crippen LogP contribution in [0.25, 0.3) is 0 Å². The Labute approximate surface area is 109 Å². The average molecular weight is 248 g/mol. The molecule has 0 fully saturated rings. The Hall–Kier alpha value is -1.61. The summed E-state index contributed by atoms with van der Waals surface area (Å²) in [5, 5.41) is 0. The van der Waals surface area contributed by atoms with Crippen molar-refractivity contribution in [2.24, 2.45) is 0 Å². The lowest BCUT2D eigenvalue weighted by Crippen LogP contribution is -2.41. The minimum Gasteiger partial charge on any atom is -0.457 e. The number of hydrogen-bond acceptors (Lipinski definition) is 2. The van der Waals surface area contributed by atoms with Crippen molar-refractivity contribution in [1.82, 2.24) is 0 Å². The molecule has 1 aromatic carbocycles. The third kappa shape index (κ3) is 5.15. The topological polar surface area (TPSA) is 26.3 Å². The minimum absolute atomic E-state index is 0.356. The molecule has 0 spiro atoms. The van der Waals surface area contributed by atoms with Gasteiger partial charge in [-0.05, 0) is 6.92 Å². The van der Waals surface area contributed by atoms with Crippen LogP contribution in [0.2, 0.25) is 0 Å². The summed E-state index contributed by atoms with van der Waals surface area (Å²) in [7, 11) is 4.25. The maximum Gasteiger partial charge on any atom is 0.330 e. The zero-order chi connectivity index (χ0) is 13.6. The van der Waals surface area contributed by atoms with E-state index in [9.17, 15) is 4.79 Å². The van der Waals surface area contributed by atoms with Crippen molar-refractivity contribution in [3.05, 3.63) is 48.0 Å². The summed E-state index contributed by atoms with van der Waals surface area (Å²) < 4.78 is 5.80. The highest BCUT2D eigenvalue weighted by molar-refractivity contribution is 5.81. The molecule has 0 aliphatic rings. The lowest BCUT2D eigenvalue weighted by molar-refractivity contribution is -0.903. The van der Waals surface area contributed by atoms with Crippen molar-refractivity contribution in [2.75, 3.05) is 27.2 Å². The van der Waals surface area contributed by atoms with Crippen LogP contribution in [0.15, 0.2) is 36.9 Å². The number of hydrogen-bond donors (Lipinski definition) is 0. The summed E-state index contributed by atoms with van der Waals surface area (Å²) in [6.45, 7) is 7.58. The summed E-state index contributed by atoms with van der Waals surface area (Å²) in [5.41, 5.74) is 2.56. The predicted molar refractivity (Wildman–Crippen MR) is 73.0 cm³/mol. The molecular weight excluding hydrogens is 226 g/mol. The van der Waals surface area contributed by atoms with Crippen molar-refractivity contribution < 1.29 is 14.0 Å². The lowest BCUT2D eigenvalue weighted by atomic mass is 10.1. The third-order valence-electron chi connectivity index (χ3n) is 2.84. The Morgan fingerprint density at radius 1 is 1.33 bits per heavy atom. The number of benzene rings is 1. The molecule has 0 heterocycles. The van der Waals surface area contributed by atoms with Gasteiger partial charge in [0.1, 0.15) is 19.7 Å². The second-order valence-electron chi connectivity index (χ2n) is 5.17. The Balaban J connectivity index is 2.46. The molecule has 0 aromatic heterocycles. The average Bonchev–Trinajstić information content (AvgIpc) is 2.31. The molecular formula is C15H22NO2+. The van der Waals surface area contributed by atoms with E-state index in [0.29, 0.717) is 6.61 Å². The number of aryl methyl sites for hydroxylation is 1. The molecule has 18 heavy (non-hydrogen) atoms. The monoisotopic (exact) mass is 248 g/mol. The van der Waals surface area contributed by atoms with Crippen LogP contribution in [0, 0.1) is 6.92 Å². The fourth-order valence-electron chi connectivity index (χ4n) is 1.72. The van der Waals surface area contributed by atoms with E-state index in [0.717, 1.165) is 17.6 Å². The molecule has 3 heteroatoms. The van der Waals surface area contributed by atoms with Crippen LogP contribution in [0.1, 0.15) is 11.1 Å². The van der Waals surface area contributed by atoms with Gasteiger partial charge in [-0.15, -0.1) is 0 Å². The van der Waals surface area contributed by atoms with Gasteiger partial charge in [-0.25, -0.2) is 4.79 Å². The van der Waals surface area contributed by atoms with E-state index in [1.165, 1.54) is 17.2 Å². The molecule has 1 aromatic rings. The van der Waals surface area contributed by atoms with Crippen LogP contribution >= 0.6 is 0 Å². The summed E-state index contributed by atoms with van der Waals surface area (Å²) in [6, 6.07) is 8.52. The summed E-state index contributed by atoms with van der Waals surface area (Å²) in [6.07, 6.45) is 1.19. The second kappa shape index (κ2) is 6.36. The molecule has 0 amide bonds. The van der Waals surface area contributed by atoms with Gasteiger partial charge in [-0.3, -0.25) is 0 Å². The first-order chi connectivity index (χ1) is 8.43. The van der Waals surface area contributed by atoms with E-state index < -0.39 is 0 Å². The molecule has 0 bridgehead atoms. The molecule has 0 unspecified atom stereocenters. The van der Waals surface area contributed by atoms with Gasteiger partial charge in [-0.1, -0.05) is 36.4 Å². The quantitative estimate of drug-likeness (QED) is 0.439. The first-order valence-electron chi connectivity index (χ1n) is 6.10. The second-order valence-corrected chi connectivity index (χ2v) is 5.17. The van der Waals surface area contributed by atoms with E-state index in [2.05, 4.69) is 51.9 Å². The van der Waals surface area contributed by atoms with Gasteiger partial charge < -0.3 is 9.22 Å². The van der Waals surface area contributed by atoms with Crippen molar-refractivity contribution in [3.63, 3.8) is 0 Å². The Kier molecular flexibility index (Phi) is 5.10. The van der Waals surface area contributed by atoms with Crippen molar-refractivity contribution in [2.45, 2.75) is 13.5 Å². The number of likely N-dealkylation sites (N-methyl/N-ethyl adjacent to an activating group) is 1. The maximum absolute atomic E-state index is 10.9. The smallest absolute Gasteiger partial charge is 0.330 e. The fourth-order valence-corrected chi connectivity index (χ4v) is 1.72. The van der Waals surface area contributed by atoms with Crippen LogP contribution < -0.4 is 0 Å². The highest BCUT2D eigenvalue weighted by Gasteiger charge is 2.16. The van der Waals surface area contributed by atoms with Gasteiger partial charge in [0.15, 0.2) is 0 Å². The molecule has 0 aliphatic carbocycles. The largest absolute Gasteiger partial charge is 0.457 e. The molecule has 0 N–H and O–H groups in total. The molecule has 0 aliphatic heterocycles. The SMILES string of the molecule is C=CC(=O)OCC[N+](C)(C)Cc1ccc(C)cc1. The highest BCUT2D eigenvalue weighted by atomic mass is 16.5. The number of ether oxygens (including phenoxy) is 1. The van der Waals surface area contributed by atoms with E-state index in [-0.39, 0.29) is 5.97 Å². The minimum atomic E-state index is -0.356. The zero-order valence-corrected chi connectivity index (χ0v) is 11.5. The molecule has 0 saturated carbocycles. The van der Waals surface area contributed by atoms with Gasteiger partial charge in [0, 0.05) is 11.6 Å². The fraction of sp³-hybridized carbons (Fsp3) is 0.400. The van der Waals surface area contributed by atoms with E-state index in [1.54, 1.807) is 0 Å². The van der Waals surface area contributed by atoms with Crippen LogP contribution in [0.4, 0.5) is 0 Å². The van der Waals surface area contributed by atoms with Gasteiger partial charge in [0.2, 0.25) is 0 Å². The number of esters is 1. The summed E-state index contributed by atoms with van der Waals surface area (Å²) in [4.78, 5) is 10.9. The first-order valence-corrected chi connectivity index (χ1v) is 6.10. The standard InChI is InChI=1S/C15H22NO2/c1-5-15(17)18-11-10-16(3,4)12-14-8-6-13(2)7-9-14/h5-9H,1,10-12H2,2-4H3/q+1. The first kappa shape index (κ1) is 14.5. The number of carbonyl (C=O) groups excluding carboxylic acids is 1. The normalized spacial score (nSPS) is 11.1. The van der Waals surface area contributed by atoms with E-state index in [4.69, 9.17) is 4.74 Å². The number of rotatable bonds is 6. The molecule has 1 rings (SSSR count). The Morgan fingerprint density at radius 3 is 2.50 bits per heavy atom. The van der Waals surface area contributed by atoms with Crippen LogP contribution in [-0.2, 0) is 16.1 Å². The van der Waals surface area contributed by atoms with Crippen molar-refractivity contribution in [1.29, 1.82) is 0 Å². The number of quaternary nitrogens is 1. The van der Waals surface area contributed by atoms with Crippen molar-refractivity contribution >= 4 is 5.97 Å². The Morgan fingerprint density at radius 2 is 1.94 bits per heavy atom. The molecule has 0 radical (unpaired) electrons.